The van der Waals surface area contributed by atoms with Gasteiger partial charge in [0.2, 0.25) is 0 Å². The van der Waals surface area contributed by atoms with Crippen LogP contribution in [-0.4, -0.2) is 14.4 Å². The highest BCUT2D eigenvalue weighted by atomic mass is 28.3. The summed E-state index contributed by atoms with van der Waals surface area (Å²) in [6, 6.07) is 12.1. The summed E-state index contributed by atoms with van der Waals surface area (Å²) >= 11 is 0. The molecule has 0 heterocycles. The first-order valence-corrected chi connectivity index (χ1v) is 10.8. The molecule has 1 nitrogen and oxygen atoms in total. The van der Waals surface area contributed by atoms with Crippen LogP contribution in [0.2, 0.25) is 19.1 Å². The third kappa shape index (κ3) is 5.46. The number of rotatable bonds is 8. The summed E-state index contributed by atoms with van der Waals surface area (Å²) in [6.07, 6.45) is 6.29. The number of carbonyl (C=O) groups is 1. The minimum absolute atomic E-state index is 0.593. The molecule has 0 spiro atoms. The van der Waals surface area contributed by atoms with E-state index in [1.807, 2.05) is 0 Å². The minimum atomic E-state index is -1.36. The highest BCUT2D eigenvalue weighted by molar-refractivity contribution is 6.90. The van der Waals surface area contributed by atoms with Crippen molar-refractivity contribution < 1.29 is 4.79 Å². The predicted molar refractivity (Wildman–Crippen MR) is 91.2 cm³/mol. The Labute approximate surface area is 125 Å². The maximum absolute atomic E-state index is 10.4. The molecule has 0 radical (unpaired) electrons. The van der Waals surface area contributed by atoms with Gasteiger partial charge in [-0.25, -0.2) is 0 Å². The maximum Gasteiger partial charge on any atom is 0.119 e. The van der Waals surface area contributed by atoms with E-state index in [9.17, 15) is 4.79 Å². The second-order valence-corrected chi connectivity index (χ2v) is 11.2. The molecule has 1 aromatic carbocycles. The molecule has 2 heteroatoms. The van der Waals surface area contributed by atoms with Gasteiger partial charge in [-0.3, -0.25) is 0 Å². The van der Waals surface area contributed by atoms with E-state index in [-0.39, 0.29) is 0 Å². The zero-order chi connectivity index (χ0) is 15.0. The number of hydrogen-bond donors (Lipinski definition) is 0. The van der Waals surface area contributed by atoms with Crippen molar-refractivity contribution in [3.8, 4) is 0 Å². The third-order valence-corrected chi connectivity index (χ3v) is 7.35. The monoisotopic (exact) mass is 288 g/mol. The van der Waals surface area contributed by atoms with E-state index in [1.54, 1.807) is 0 Å². The average Bonchev–Trinajstić information content (AvgIpc) is 2.46. The minimum Gasteiger partial charge on any atom is -0.303 e. The van der Waals surface area contributed by atoms with Crippen LogP contribution in [0.1, 0.15) is 33.1 Å². The van der Waals surface area contributed by atoms with E-state index >= 15 is 0 Å². The Bertz CT molecular complexity index is 434. The average molecular weight is 289 g/mol. The van der Waals surface area contributed by atoms with Gasteiger partial charge in [0.1, 0.15) is 6.29 Å². The molecule has 0 saturated heterocycles. The number of allylic oxidation sites excluding steroid dienone is 2. The lowest BCUT2D eigenvalue weighted by Gasteiger charge is -2.22. The smallest absolute Gasteiger partial charge is 0.119 e. The Balaban J connectivity index is 2.59. The fourth-order valence-electron chi connectivity index (χ4n) is 2.36. The van der Waals surface area contributed by atoms with Crippen molar-refractivity contribution in [3.63, 3.8) is 0 Å². The normalized spacial score (nSPS) is 14.1. The lowest BCUT2D eigenvalue weighted by atomic mass is 9.96. The van der Waals surface area contributed by atoms with Crippen molar-refractivity contribution in [2.45, 2.75) is 52.2 Å². The molecule has 0 fully saturated rings. The quantitative estimate of drug-likeness (QED) is 0.297. The van der Waals surface area contributed by atoms with Gasteiger partial charge in [0.25, 0.3) is 0 Å². The molecule has 1 atom stereocenters. The van der Waals surface area contributed by atoms with Gasteiger partial charge in [-0.05, 0) is 31.7 Å². The van der Waals surface area contributed by atoms with Crippen LogP contribution in [0, 0.1) is 5.92 Å². The van der Waals surface area contributed by atoms with Crippen LogP contribution >= 0.6 is 0 Å². The molecule has 0 N–H and O–H groups in total. The lowest BCUT2D eigenvalue weighted by Crippen LogP contribution is -2.40. The largest absolute Gasteiger partial charge is 0.303 e. The first-order valence-electron chi connectivity index (χ1n) is 7.63. The number of aldehydes is 1. The Hall–Kier alpha value is -1.15. The molecule has 20 heavy (non-hydrogen) atoms. The fourth-order valence-corrected chi connectivity index (χ4v) is 4.52. The zero-order valence-corrected chi connectivity index (χ0v) is 14.4. The second kappa shape index (κ2) is 8.20. The Morgan fingerprint density at radius 3 is 2.50 bits per heavy atom. The standard InChI is InChI=1S/C18H28OSi/c1-16(10-8-9-14-19)17(2)13-15-20(3,4)18-11-6-5-7-12-18/h5-7,11-14,16H,8-10,15H2,1-4H3/b17-13-. The molecule has 110 valence electrons. The molecule has 0 aliphatic rings. The van der Waals surface area contributed by atoms with Crippen molar-refractivity contribution in [2.24, 2.45) is 5.92 Å². The molecule has 1 rings (SSSR count). The van der Waals surface area contributed by atoms with E-state index in [0.717, 1.165) is 19.1 Å². The van der Waals surface area contributed by atoms with Gasteiger partial charge >= 0.3 is 0 Å². The highest BCUT2D eigenvalue weighted by Gasteiger charge is 2.21. The van der Waals surface area contributed by atoms with Crippen LogP contribution in [0.4, 0.5) is 0 Å². The van der Waals surface area contributed by atoms with Crippen molar-refractivity contribution in [1.82, 2.24) is 0 Å². The summed E-state index contributed by atoms with van der Waals surface area (Å²) in [5, 5.41) is 1.53. The third-order valence-electron chi connectivity index (χ3n) is 4.23. The summed E-state index contributed by atoms with van der Waals surface area (Å²) in [4.78, 5) is 10.4. The molecule has 0 aromatic heterocycles. The summed E-state index contributed by atoms with van der Waals surface area (Å²) < 4.78 is 0. The number of hydrogen-bond acceptors (Lipinski definition) is 1. The van der Waals surface area contributed by atoms with Gasteiger partial charge in [0.05, 0.1) is 8.07 Å². The van der Waals surface area contributed by atoms with Crippen LogP contribution in [-0.2, 0) is 4.79 Å². The molecule has 1 unspecified atom stereocenters. The van der Waals surface area contributed by atoms with Gasteiger partial charge in [0.15, 0.2) is 0 Å². The predicted octanol–water partition coefficient (Wildman–Crippen LogP) is 4.55. The van der Waals surface area contributed by atoms with E-state index in [4.69, 9.17) is 0 Å². The lowest BCUT2D eigenvalue weighted by molar-refractivity contribution is -0.107. The van der Waals surface area contributed by atoms with Crippen LogP contribution in [0.25, 0.3) is 0 Å². The molecule has 1 aromatic rings. The number of carbonyl (C=O) groups excluding carboxylic acids is 1. The molecular formula is C18H28OSi. The summed E-state index contributed by atoms with van der Waals surface area (Å²) in [6.45, 7) is 9.38. The van der Waals surface area contributed by atoms with Crippen LogP contribution in [0.15, 0.2) is 42.0 Å². The van der Waals surface area contributed by atoms with Crippen molar-refractivity contribution in [2.75, 3.05) is 0 Å². The van der Waals surface area contributed by atoms with Crippen molar-refractivity contribution >= 4 is 19.5 Å². The summed E-state index contributed by atoms with van der Waals surface area (Å²) in [7, 11) is -1.36. The van der Waals surface area contributed by atoms with Gasteiger partial charge in [-0.1, -0.05) is 67.2 Å². The highest BCUT2D eigenvalue weighted by Crippen LogP contribution is 2.20. The van der Waals surface area contributed by atoms with Crippen molar-refractivity contribution in [1.29, 1.82) is 0 Å². The van der Waals surface area contributed by atoms with Crippen LogP contribution in [0.5, 0.6) is 0 Å². The number of unbranched alkanes of at least 4 members (excludes halogenated alkanes) is 1. The summed E-state index contributed by atoms with van der Waals surface area (Å²) in [5.41, 5.74) is 1.48. The maximum atomic E-state index is 10.4. The first-order chi connectivity index (χ1) is 9.47. The van der Waals surface area contributed by atoms with Crippen LogP contribution < -0.4 is 5.19 Å². The fraction of sp³-hybridized carbons (Fsp3) is 0.500. The van der Waals surface area contributed by atoms with Gasteiger partial charge in [0, 0.05) is 6.42 Å². The van der Waals surface area contributed by atoms with E-state index < -0.39 is 8.07 Å². The van der Waals surface area contributed by atoms with Gasteiger partial charge in [-0.2, -0.15) is 0 Å². The Morgan fingerprint density at radius 1 is 1.25 bits per heavy atom. The SMILES string of the molecule is C/C(=C/C[Si](C)(C)c1ccccc1)C(C)CCCC=O. The zero-order valence-electron chi connectivity index (χ0n) is 13.4. The molecule has 0 aliphatic heterocycles. The molecule has 0 aliphatic carbocycles. The van der Waals surface area contributed by atoms with Crippen LogP contribution in [0.3, 0.4) is 0 Å². The van der Waals surface area contributed by atoms with Gasteiger partial charge in [-0.15, -0.1) is 0 Å². The molecular weight excluding hydrogens is 260 g/mol. The topological polar surface area (TPSA) is 17.1 Å². The molecule has 0 bridgehead atoms. The second-order valence-electron chi connectivity index (χ2n) is 6.40. The first kappa shape index (κ1) is 16.9. The molecule has 0 saturated carbocycles. The number of benzene rings is 1. The Morgan fingerprint density at radius 2 is 1.90 bits per heavy atom. The van der Waals surface area contributed by atoms with Gasteiger partial charge < -0.3 is 4.79 Å². The van der Waals surface area contributed by atoms with E-state index in [0.29, 0.717) is 12.3 Å². The summed E-state index contributed by atoms with van der Waals surface area (Å²) in [5.74, 6) is 0.593. The van der Waals surface area contributed by atoms with E-state index in [2.05, 4.69) is 63.3 Å². The van der Waals surface area contributed by atoms with E-state index in [1.165, 1.54) is 16.8 Å². The Kier molecular flexibility index (Phi) is 6.93. The van der Waals surface area contributed by atoms with Crippen molar-refractivity contribution in [3.05, 3.63) is 42.0 Å². The molecule has 0 amide bonds.